The van der Waals surface area contributed by atoms with Crippen molar-refractivity contribution in [1.82, 2.24) is 9.88 Å². The molecule has 0 bridgehead atoms. The van der Waals surface area contributed by atoms with Crippen LogP contribution in [0, 0.1) is 0 Å². The molecule has 0 aliphatic heterocycles. The maximum Gasteiger partial charge on any atom is 0.130 e. The Morgan fingerprint density at radius 2 is 2.33 bits per heavy atom. The Bertz CT molecular complexity index is 302. The highest BCUT2D eigenvalue weighted by molar-refractivity contribution is 5.42. The van der Waals surface area contributed by atoms with Crippen molar-refractivity contribution >= 4 is 5.82 Å². The molecule has 0 aliphatic carbocycles. The van der Waals surface area contributed by atoms with Crippen LogP contribution in [0.25, 0.3) is 0 Å². The number of hydrogen-bond acceptors (Lipinski definition) is 4. The second kappa shape index (κ2) is 5.68. The average molecular weight is 209 g/mol. The molecule has 0 amide bonds. The summed E-state index contributed by atoms with van der Waals surface area (Å²) >= 11 is 0. The molecule has 0 aromatic carbocycles. The van der Waals surface area contributed by atoms with Crippen LogP contribution in [0.2, 0.25) is 0 Å². The number of nitrogens with one attached hydrogen (secondary N) is 1. The highest BCUT2D eigenvalue weighted by Gasteiger charge is 2.07. The molecule has 1 atom stereocenters. The van der Waals surface area contributed by atoms with E-state index in [1.165, 1.54) is 0 Å². The Kier molecular flexibility index (Phi) is 4.52. The van der Waals surface area contributed by atoms with Crippen LogP contribution in [0.3, 0.4) is 0 Å². The van der Waals surface area contributed by atoms with Crippen molar-refractivity contribution in [2.75, 3.05) is 26.0 Å². The summed E-state index contributed by atoms with van der Waals surface area (Å²) in [6, 6.07) is 3.96. The minimum absolute atomic E-state index is 0.301. The fourth-order valence-electron chi connectivity index (χ4n) is 1.60. The molecule has 0 fully saturated rings. The predicted molar refractivity (Wildman–Crippen MR) is 61.8 cm³/mol. The van der Waals surface area contributed by atoms with E-state index >= 15 is 0 Å². The molecular formula is C11H19N3O. The monoisotopic (exact) mass is 209 g/mol. The number of pyridine rings is 1. The maximum atomic E-state index is 9.25. The number of nitrogens with zero attached hydrogens (tertiary/aromatic N) is 2. The number of rotatable bonds is 5. The van der Waals surface area contributed by atoms with E-state index in [9.17, 15) is 5.11 Å². The number of aliphatic hydroxyl groups is 1. The lowest BCUT2D eigenvalue weighted by Gasteiger charge is -2.19. The Balaban J connectivity index is 2.63. The van der Waals surface area contributed by atoms with Crippen molar-refractivity contribution in [2.45, 2.75) is 19.6 Å². The maximum absolute atomic E-state index is 9.25. The summed E-state index contributed by atoms with van der Waals surface area (Å²) in [5, 5.41) is 12.3. The van der Waals surface area contributed by atoms with Gasteiger partial charge in [0.05, 0.1) is 6.10 Å². The van der Waals surface area contributed by atoms with Gasteiger partial charge in [-0.3, -0.25) is 4.90 Å². The van der Waals surface area contributed by atoms with Gasteiger partial charge in [-0.1, -0.05) is 6.07 Å². The summed E-state index contributed by atoms with van der Waals surface area (Å²) in [4.78, 5) is 6.30. The van der Waals surface area contributed by atoms with Crippen molar-refractivity contribution in [3.8, 4) is 0 Å². The molecule has 4 heteroatoms. The molecule has 1 unspecified atom stereocenters. The van der Waals surface area contributed by atoms with Gasteiger partial charge in [-0.2, -0.15) is 0 Å². The lowest BCUT2D eigenvalue weighted by atomic mass is 10.2. The van der Waals surface area contributed by atoms with E-state index in [1.807, 2.05) is 26.2 Å². The summed E-state index contributed by atoms with van der Waals surface area (Å²) in [7, 11) is 3.85. The van der Waals surface area contributed by atoms with Crippen molar-refractivity contribution in [1.29, 1.82) is 0 Å². The van der Waals surface area contributed by atoms with Gasteiger partial charge in [0.25, 0.3) is 0 Å². The molecule has 1 heterocycles. The van der Waals surface area contributed by atoms with E-state index in [0.29, 0.717) is 6.54 Å². The highest BCUT2D eigenvalue weighted by atomic mass is 16.3. The minimum Gasteiger partial charge on any atom is -0.392 e. The summed E-state index contributed by atoms with van der Waals surface area (Å²) in [6.07, 6.45) is 1.47. The van der Waals surface area contributed by atoms with Crippen molar-refractivity contribution in [3.63, 3.8) is 0 Å². The smallest absolute Gasteiger partial charge is 0.130 e. The Morgan fingerprint density at radius 1 is 1.60 bits per heavy atom. The van der Waals surface area contributed by atoms with Crippen LogP contribution < -0.4 is 5.32 Å². The van der Waals surface area contributed by atoms with Crippen molar-refractivity contribution in [2.24, 2.45) is 0 Å². The third kappa shape index (κ3) is 3.85. The van der Waals surface area contributed by atoms with Gasteiger partial charge in [0.2, 0.25) is 0 Å². The molecule has 0 saturated heterocycles. The van der Waals surface area contributed by atoms with E-state index in [0.717, 1.165) is 17.9 Å². The van der Waals surface area contributed by atoms with Gasteiger partial charge in [-0.25, -0.2) is 4.98 Å². The molecule has 1 rings (SSSR count). The van der Waals surface area contributed by atoms with E-state index in [2.05, 4.69) is 15.2 Å². The number of likely N-dealkylation sites (N-methyl/N-ethyl adjacent to an activating group) is 1. The standard InChI is InChI=1S/C11H19N3O/c1-9(15)7-14(3)8-10-5-4-6-13-11(10)12-2/h4-6,9,15H,7-8H2,1-3H3,(H,12,13). The molecule has 15 heavy (non-hydrogen) atoms. The van der Waals surface area contributed by atoms with Crippen LogP contribution in [-0.4, -0.2) is 41.7 Å². The van der Waals surface area contributed by atoms with Crippen LogP contribution in [0.1, 0.15) is 12.5 Å². The molecule has 0 radical (unpaired) electrons. The first-order chi connectivity index (χ1) is 7.13. The van der Waals surface area contributed by atoms with Gasteiger partial charge < -0.3 is 10.4 Å². The van der Waals surface area contributed by atoms with Gasteiger partial charge in [-0.15, -0.1) is 0 Å². The van der Waals surface area contributed by atoms with E-state index < -0.39 is 0 Å². The Morgan fingerprint density at radius 3 is 2.93 bits per heavy atom. The van der Waals surface area contributed by atoms with Crippen LogP contribution in [0.4, 0.5) is 5.82 Å². The van der Waals surface area contributed by atoms with Crippen LogP contribution in [-0.2, 0) is 6.54 Å². The lowest BCUT2D eigenvalue weighted by Crippen LogP contribution is -2.27. The summed E-state index contributed by atoms with van der Waals surface area (Å²) in [6.45, 7) is 3.24. The molecule has 2 N–H and O–H groups in total. The van der Waals surface area contributed by atoms with E-state index in [1.54, 1.807) is 13.1 Å². The summed E-state index contributed by atoms with van der Waals surface area (Å²) in [5.74, 6) is 0.898. The molecule has 0 saturated carbocycles. The predicted octanol–water partition coefficient (Wildman–Crippen LogP) is 0.936. The zero-order valence-electron chi connectivity index (χ0n) is 9.57. The SMILES string of the molecule is CNc1ncccc1CN(C)CC(C)O. The summed E-state index contributed by atoms with van der Waals surface area (Å²) < 4.78 is 0. The third-order valence-electron chi connectivity index (χ3n) is 2.14. The normalized spacial score (nSPS) is 12.9. The molecule has 0 spiro atoms. The number of anilines is 1. The van der Waals surface area contributed by atoms with Crippen LogP contribution in [0.5, 0.6) is 0 Å². The molecule has 4 nitrogen and oxygen atoms in total. The van der Waals surface area contributed by atoms with Gasteiger partial charge in [0, 0.05) is 31.9 Å². The molecule has 84 valence electrons. The fourth-order valence-corrected chi connectivity index (χ4v) is 1.60. The van der Waals surface area contributed by atoms with Gasteiger partial charge in [-0.05, 0) is 20.0 Å². The topological polar surface area (TPSA) is 48.4 Å². The largest absolute Gasteiger partial charge is 0.392 e. The lowest BCUT2D eigenvalue weighted by molar-refractivity contribution is 0.138. The highest BCUT2D eigenvalue weighted by Crippen LogP contribution is 2.12. The van der Waals surface area contributed by atoms with Crippen LogP contribution in [0.15, 0.2) is 18.3 Å². The van der Waals surface area contributed by atoms with Gasteiger partial charge in [0.15, 0.2) is 0 Å². The van der Waals surface area contributed by atoms with E-state index in [4.69, 9.17) is 0 Å². The Hall–Kier alpha value is -1.13. The summed E-state index contributed by atoms with van der Waals surface area (Å²) in [5.41, 5.74) is 1.14. The second-order valence-corrected chi connectivity index (χ2v) is 3.81. The van der Waals surface area contributed by atoms with Crippen LogP contribution >= 0.6 is 0 Å². The average Bonchev–Trinajstić information content (AvgIpc) is 2.17. The first-order valence-corrected chi connectivity index (χ1v) is 5.11. The van der Waals surface area contributed by atoms with E-state index in [-0.39, 0.29) is 6.10 Å². The Labute approximate surface area is 90.9 Å². The molecule has 0 aliphatic rings. The number of hydrogen-bond donors (Lipinski definition) is 2. The fraction of sp³-hybridized carbons (Fsp3) is 0.545. The minimum atomic E-state index is -0.301. The number of aromatic nitrogens is 1. The zero-order valence-corrected chi connectivity index (χ0v) is 9.57. The third-order valence-corrected chi connectivity index (χ3v) is 2.14. The first kappa shape index (κ1) is 11.9. The quantitative estimate of drug-likeness (QED) is 0.757. The second-order valence-electron chi connectivity index (χ2n) is 3.81. The zero-order chi connectivity index (χ0) is 11.3. The van der Waals surface area contributed by atoms with Crippen molar-refractivity contribution in [3.05, 3.63) is 23.9 Å². The van der Waals surface area contributed by atoms with Gasteiger partial charge in [0.1, 0.15) is 5.82 Å². The number of aliphatic hydroxyl groups excluding tert-OH is 1. The molecule has 1 aromatic rings. The van der Waals surface area contributed by atoms with Gasteiger partial charge >= 0.3 is 0 Å². The molecular weight excluding hydrogens is 190 g/mol. The molecule has 1 aromatic heterocycles. The first-order valence-electron chi connectivity index (χ1n) is 5.11. The van der Waals surface area contributed by atoms with Crippen molar-refractivity contribution < 1.29 is 5.11 Å².